The highest BCUT2D eigenvalue weighted by molar-refractivity contribution is 5.88. The van der Waals surface area contributed by atoms with Crippen molar-refractivity contribution in [3.05, 3.63) is 0 Å². The summed E-state index contributed by atoms with van der Waals surface area (Å²) in [4.78, 5) is 13.3. The average Bonchev–Trinajstić information content (AvgIpc) is 2.88. The molecule has 2 fully saturated rings. The molecular weight excluding hydrogens is 152 g/mol. The SMILES string of the molecule is CCC(C1CC1)N1CC(N)C1=O. The Bertz CT molecular complexity index is 201. The molecule has 3 nitrogen and oxygen atoms in total. The van der Waals surface area contributed by atoms with Gasteiger partial charge in [-0.05, 0) is 25.2 Å². The fraction of sp³-hybridized carbons (Fsp3) is 0.889. The van der Waals surface area contributed by atoms with Gasteiger partial charge in [-0.15, -0.1) is 0 Å². The monoisotopic (exact) mass is 168 g/mol. The quantitative estimate of drug-likeness (QED) is 0.618. The number of likely N-dealkylation sites (tertiary alicyclic amines) is 1. The van der Waals surface area contributed by atoms with Crippen LogP contribution in [0.25, 0.3) is 0 Å². The molecule has 3 heteroatoms. The lowest BCUT2D eigenvalue weighted by Crippen LogP contribution is -2.64. The number of nitrogens with two attached hydrogens (primary N) is 1. The van der Waals surface area contributed by atoms with Crippen LogP contribution in [-0.2, 0) is 4.79 Å². The van der Waals surface area contributed by atoms with Crippen LogP contribution in [0.2, 0.25) is 0 Å². The standard InChI is InChI=1S/C9H16N2O/c1-2-8(6-3-4-6)11-5-7(10)9(11)12/h6-8H,2-5,10H2,1H3. The van der Waals surface area contributed by atoms with Gasteiger partial charge in [0.05, 0.1) is 0 Å². The molecule has 2 aliphatic rings. The zero-order chi connectivity index (χ0) is 8.72. The minimum atomic E-state index is -0.196. The van der Waals surface area contributed by atoms with Gasteiger partial charge < -0.3 is 10.6 Å². The van der Waals surface area contributed by atoms with Gasteiger partial charge in [-0.3, -0.25) is 4.79 Å². The first-order valence-corrected chi connectivity index (χ1v) is 4.80. The van der Waals surface area contributed by atoms with Crippen molar-refractivity contribution in [3.63, 3.8) is 0 Å². The van der Waals surface area contributed by atoms with Gasteiger partial charge >= 0.3 is 0 Å². The van der Waals surface area contributed by atoms with Gasteiger partial charge in [0.15, 0.2) is 0 Å². The van der Waals surface area contributed by atoms with Gasteiger partial charge in [0.1, 0.15) is 6.04 Å². The maximum absolute atomic E-state index is 11.3. The van der Waals surface area contributed by atoms with Crippen LogP contribution in [0.1, 0.15) is 26.2 Å². The van der Waals surface area contributed by atoms with Crippen molar-refractivity contribution < 1.29 is 4.79 Å². The van der Waals surface area contributed by atoms with E-state index in [0.29, 0.717) is 6.04 Å². The summed E-state index contributed by atoms with van der Waals surface area (Å²) in [5.41, 5.74) is 5.53. The van der Waals surface area contributed by atoms with E-state index in [1.54, 1.807) is 0 Å². The molecule has 2 unspecified atom stereocenters. The summed E-state index contributed by atoms with van der Waals surface area (Å²) >= 11 is 0. The normalized spacial score (nSPS) is 31.7. The van der Waals surface area contributed by atoms with Crippen LogP contribution < -0.4 is 5.73 Å². The molecule has 1 amide bonds. The molecule has 68 valence electrons. The molecule has 1 aliphatic heterocycles. The number of amides is 1. The molecule has 0 radical (unpaired) electrons. The predicted octanol–water partition coefficient (Wildman–Crippen LogP) is 0.344. The van der Waals surface area contributed by atoms with Crippen molar-refractivity contribution in [1.82, 2.24) is 4.90 Å². The van der Waals surface area contributed by atoms with E-state index in [4.69, 9.17) is 5.73 Å². The van der Waals surface area contributed by atoms with E-state index in [1.807, 2.05) is 4.90 Å². The Morgan fingerprint density at radius 1 is 1.67 bits per heavy atom. The summed E-state index contributed by atoms with van der Waals surface area (Å²) in [5, 5.41) is 0. The lowest BCUT2D eigenvalue weighted by molar-refractivity contribution is -0.146. The molecule has 0 aromatic heterocycles. The largest absolute Gasteiger partial charge is 0.336 e. The number of hydrogen-bond acceptors (Lipinski definition) is 2. The van der Waals surface area contributed by atoms with Crippen LogP contribution in [0.4, 0.5) is 0 Å². The average molecular weight is 168 g/mol. The maximum atomic E-state index is 11.3. The molecule has 0 bridgehead atoms. The van der Waals surface area contributed by atoms with Gasteiger partial charge in [-0.1, -0.05) is 6.92 Å². The van der Waals surface area contributed by atoms with Crippen molar-refractivity contribution in [2.75, 3.05) is 6.54 Å². The van der Waals surface area contributed by atoms with Crippen LogP contribution >= 0.6 is 0 Å². The number of hydrogen-bond donors (Lipinski definition) is 1. The minimum absolute atomic E-state index is 0.161. The van der Waals surface area contributed by atoms with E-state index < -0.39 is 0 Å². The smallest absolute Gasteiger partial charge is 0.241 e. The van der Waals surface area contributed by atoms with E-state index in [9.17, 15) is 4.79 Å². The number of carbonyl (C=O) groups excluding carboxylic acids is 1. The Morgan fingerprint density at radius 3 is 2.67 bits per heavy atom. The molecule has 2 rings (SSSR count). The Kier molecular flexibility index (Phi) is 1.83. The maximum Gasteiger partial charge on any atom is 0.241 e. The lowest BCUT2D eigenvalue weighted by atomic mass is 10.00. The second kappa shape index (κ2) is 2.73. The molecule has 0 spiro atoms. The lowest BCUT2D eigenvalue weighted by Gasteiger charge is -2.42. The highest BCUT2D eigenvalue weighted by Crippen LogP contribution is 2.38. The molecular formula is C9H16N2O. The summed E-state index contributed by atoms with van der Waals surface area (Å²) in [6.45, 7) is 2.94. The molecule has 0 aromatic carbocycles. The third-order valence-electron chi connectivity index (χ3n) is 2.98. The minimum Gasteiger partial charge on any atom is -0.336 e. The zero-order valence-corrected chi connectivity index (χ0v) is 7.49. The Labute approximate surface area is 72.9 Å². The van der Waals surface area contributed by atoms with Crippen molar-refractivity contribution in [2.45, 2.75) is 38.3 Å². The molecule has 0 aromatic rings. The van der Waals surface area contributed by atoms with Gasteiger partial charge in [0.2, 0.25) is 5.91 Å². The van der Waals surface area contributed by atoms with Gasteiger partial charge in [0, 0.05) is 12.6 Å². The van der Waals surface area contributed by atoms with Crippen molar-refractivity contribution in [3.8, 4) is 0 Å². The number of rotatable bonds is 3. The number of nitrogens with zero attached hydrogens (tertiary/aromatic N) is 1. The first-order valence-electron chi connectivity index (χ1n) is 4.80. The Hall–Kier alpha value is -0.570. The van der Waals surface area contributed by atoms with E-state index in [0.717, 1.165) is 18.9 Å². The molecule has 1 saturated carbocycles. The Morgan fingerprint density at radius 2 is 2.33 bits per heavy atom. The summed E-state index contributed by atoms with van der Waals surface area (Å²) in [7, 11) is 0. The molecule has 2 atom stereocenters. The number of β-lactam (4-membered cyclic amide) rings is 1. The third-order valence-corrected chi connectivity index (χ3v) is 2.98. The summed E-state index contributed by atoms with van der Waals surface area (Å²) in [5.74, 6) is 0.945. The zero-order valence-electron chi connectivity index (χ0n) is 7.49. The van der Waals surface area contributed by atoms with Crippen molar-refractivity contribution in [2.24, 2.45) is 11.7 Å². The third kappa shape index (κ3) is 1.12. The molecule has 12 heavy (non-hydrogen) atoms. The fourth-order valence-corrected chi connectivity index (χ4v) is 2.07. The topological polar surface area (TPSA) is 46.3 Å². The van der Waals surface area contributed by atoms with Crippen LogP contribution in [0.15, 0.2) is 0 Å². The highest BCUT2D eigenvalue weighted by atomic mass is 16.2. The van der Waals surface area contributed by atoms with Gasteiger partial charge in [0.25, 0.3) is 0 Å². The van der Waals surface area contributed by atoms with E-state index in [2.05, 4.69) is 6.92 Å². The Balaban J connectivity index is 1.94. The first kappa shape index (κ1) is 8.05. The van der Waals surface area contributed by atoms with Gasteiger partial charge in [-0.25, -0.2) is 0 Å². The summed E-state index contributed by atoms with van der Waals surface area (Å²) < 4.78 is 0. The number of carbonyl (C=O) groups is 1. The molecule has 1 aliphatic carbocycles. The summed E-state index contributed by atoms with van der Waals surface area (Å²) in [6, 6.07) is 0.301. The molecule has 1 saturated heterocycles. The second-order valence-electron chi connectivity index (χ2n) is 3.91. The molecule has 1 heterocycles. The van der Waals surface area contributed by atoms with Crippen LogP contribution in [-0.4, -0.2) is 29.4 Å². The van der Waals surface area contributed by atoms with Crippen LogP contribution in [0, 0.1) is 5.92 Å². The first-order chi connectivity index (χ1) is 5.74. The van der Waals surface area contributed by atoms with Crippen LogP contribution in [0.5, 0.6) is 0 Å². The van der Waals surface area contributed by atoms with Crippen molar-refractivity contribution in [1.29, 1.82) is 0 Å². The second-order valence-corrected chi connectivity index (χ2v) is 3.91. The fourth-order valence-electron chi connectivity index (χ4n) is 2.07. The van der Waals surface area contributed by atoms with E-state index in [-0.39, 0.29) is 11.9 Å². The van der Waals surface area contributed by atoms with Crippen molar-refractivity contribution >= 4 is 5.91 Å². The van der Waals surface area contributed by atoms with E-state index >= 15 is 0 Å². The molecule has 2 N–H and O–H groups in total. The highest BCUT2D eigenvalue weighted by Gasteiger charge is 2.43. The summed E-state index contributed by atoms with van der Waals surface area (Å²) in [6.07, 6.45) is 3.69. The van der Waals surface area contributed by atoms with Gasteiger partial charge in [-0.2, -0.15) is 0 Å². The predicted molar refractivity (Wildman–Crippen MR) is 46.5 cm³/mol. The van der Waals surface area contributed by atoms with E-state index in [1.165, 1.54) is 12.8 Å². The van der Waals surface area contributed by atoms with Crippen LogP contribution in [0.3, 0.4) is 0 Å².